The number of carbonyl (C=O) groups is 1. The number of carbonyl (C=O) groups excluding carboxylic acids is 1. The Balaban J connectivity index is 1.87. The van der Waals surface area contributed by atoms with Gasteiger partial charge in [0.15, 0.2) is 5.65 Å². The molecule has 106 valence electrons. The number of nitrogens with one attached hydrogen (secondary N) is 1. The van der Waals surface area contributed by atoms with Gasteiger partial charge in [0.2, 0.25) is 0 Å². The number of nitrogens with zero attached hydrogens (tertiary/aromatic N) is 3. The summed E-state index contributed by atoms with van der Waals surface area (Å²) in [5.41, 5.74) is 1.97. The molecule has 3 rings (SSSR count). The molecule has 0 atom stereocenters. The van der Waals surface area contributed by atoms with Crippen molar-refractivity contribution in [3.05, 3.63) is 58.8 Å². The molecule has 0 aliphatic carbocycles. The number of anilines is 1. The highest BCUT2D eigenvalue weighted by atomic mass is 35.5. The van der Waals surface area contributed by atoms with Crippen molar-refractivity contribution in [1.29, 1.82) is 0 Å². The van der Waals surface area contributed by atoms with Crippen LogP contribution in [0.2, 0.25) is 5.02 Å². The highest BCUT2D eigenvalue weighted by molar-refractivity contribution is 6.30. The lowest BCUT2D eigenvalue weighted by molar-refractivity contribution is 0.102. The van der Waals surface area contributed by atoms with E-state index in [0.717, 1.165) is 11.8 Å². The van der Waals surface area contributed by atoms with E-state index >= 15 is 0 Å². The van der Waals surface area contributed by atoms with Gasteiger partial charge in [-0.05, 0) is 37.3 Å². The van der Waals surface area contributed by atoms with Crippen molar-refractivity contribution >= 4 is 28.8 Å². The molecule has 1 amide bonds. The van der Waals surface area contributed by atoms with Crippen LogP contribution in [0.15, 0.2) is 36.5 Å². The van der Waals surface area contributed by atoms with E-state index in [2.05, 4.69) is 15.4 Å². The quantitative estimate of drug-likeness (QED) is 0.791. The zero-order chi connectivity index (χ0) is 15.0. The Morgan fingerprint density at radius 2 is 2.14 bits per heavy atom. The van der Waals surface area contributed by atoms with Gasteiger partial charge in [0.1, 0.15) is 11.5 Å². The molecule has 0 fully saturated rings. The number of imidazole rings is 1. The van der Waals surface area contributed by atoms with Gasteiger partial charge < -0.3 is 5.32 Å². The number of amides is 1. The Labute approximate surface area is 124 Å². The van der Waals surface area contributed by atoms with Crippen LogP contribution in [-0.2, 0) is 0 Å². The Bertz CT molecular complexity index is 846. The Morgan fingerprint density at radius 1 is 1.33 bits per heavy atom. The number of halogens is 2. The SMILES string of the molecule is Cc1cn2nc(C(=O)Nc3ccc(Cl)c(F)c3)ccc2n1. The van der Waals surface area contributed by atoms with Crippen molar-refractivity contribution in [3.8, 4) is 0 Å². The molecule has 2 aromatic heterocycles. The minimum Gasteiger partial charge on any atom is -0.320 e. The largest absolute Gasteiger partial charge is 0.320 e. The van der Waals surface area contributed by atoms with Gasteiger partial charge in [0.25, 0.3) is 5.91 Å². The molecule has 0 aliphatic rings. The van der Waals surface area contributed by atoms with Crippen molar-refractivity contribution in [2.24, 2.45) is 0 Å². The van der Waals surface area contributed by atoms with E-state index in [0.29, 0.717) is 11.3 Å². The molecule has 7 heteroatoms. The van der Waals surface area contributed by atoms with Crippen molar-refractivity contribution < 1.29 is 9.18 Å². The molecular weight excluding hydrogens is 295 g/mol. The van der Waals surface area contributed by atoms with Gasteiger partial charge in [-0.2, -0.15) is 5.10 Å². The molecule has 0 aliphatic heterocycles. The Morgan fingerprint density at radius 3 is 2.90 bits per heavy atom. The summed E-state index contributed by atoms with van der Waals surface area (Å²) in [7, 11) is 0. The molecule has 2 heterocycles. The van der Waals surface area contributed by atoms with E-state index in [4.69, 9.17) is 11.6 Å². The summed E-state index contributed by atoms with van der Waals surface area (Å²) >= 11 is 5.59. The van der Waals surface area contributed by atoms with E-state index in [1.807, 2.05) is 6.92 Å². The first-order valence-corrected chi connectivity index (χ1v) is 6.50. The fraction of sp³-hybridized carbons (Fsp3) is 0.0714. The monoisotopic (exact) mass is 304 g/mol. The fourth-order valence-electron chi connectivity index (χ4n) is 1.89. The van der Waals surface area contributed by atoms with Gasteiger partial charge in [-0.3, -0.25) is 4.79 Å². The Kier molecular flexibility index (Phi) is 3.31. The van der Waals surface area contributed by atoms with Crippen LogP contribution in [0.3, 0.4) is 0 Å². The predicted octanol–water partition coefficient (Wildman–Crippen LogP) is 3.08. The lowest BCUT2D eigenvalue weighted by Gasteiger charge is -2.05. The fourth-order valence-corrected chi connectivity index (χ4v) is 2.01. The number of fused-ring (bicyclic) bond motifs is 1. The third-order valence-corrected chi connectivity index (χ3v) is 3.16. The highest BCUT2D eigenvalue weighted by Gasteiger charge is 2.11. The summed E-state index contributed by atoms with van der Waals surface area (Å²) in [4.78, 5) is 16.3. The molecule has 0 saturated carbocycles. The summed E-state index contributed by atoms with van der Waals surface area (Å²) in [5, 5.41) is 6.72. The average Bonchev–Trinajstić information content (AvgIpc) is 2.82. The van der Waals surface area contributed by atoms with Crippen LogP contribution >= 0.6 is 11.6 Å². The normalized spacial score (nSPS) is 10.8. The summed E-state index contributed by atoms with van der Waals surface area (Å²) in [5.74, 6) is -1.03. The molecule has 1 aromatic carbocycles. The third-order valence-electron chi connectivity index (χ3n) is 2.85. The van der Waals surface area contributed by atoms with Gasteiger partial charge in [0, 0.05) is 5.69 Å². The molecule has 0 saturated heterocycles. The molecule has 21 heavy (non-hydrogen) atoms. The van der Waals surface area contributed by atoms with E-state index < -0.39 is 11.7 Å². The number of hydrogen-bond acceptors (Lipinski definition) is 3. The molecule has 1 N–H and O–H groups in total. The van der Waals surface area contributed by atoms with Crippen LogP contribution in [0.1, 0.15) is 16.2 Å². The van der Waals surface area contributed by atoms with Gasteiger partial charge in [-0.1, -0.05) is 11.6 Å². The number of rotatable bonds is 2. The lowest BCUT2D eigenvalue weighted by atomic mass is 10.3. The zero-order valence-corrected chi connectivity index (χ0v) is 11.7. The predicted molar refractivity (Wildman–Crippen MR) is 77.1 cm³/mol. The second-order valence-corrected chi connectivity index (χ2v) is 4.89. The van der Waals surface area contributed by atoms with E-state index in [1.165, 1.54) is 16.6 Å². The van der Waals surface area contributed by atoms with Crippen LogP contribution in [0.25, 0.3) is 5.65 Å². The van der Waals surface area contributed by atoms with Crippen LogP contribution in [0, 0.1) is 12.7 Å². The zero-order valence-electron chi connectivity index (χ0n) is 11.0. The topological polar surface area (TPSA) is 59.3 Å². The highest BCUT2D eigenvalue weighted by Crippen LogP contribution is 2.19. The van der Waals surface area contributed by atoms with Gasteiger partial charge in [-0.25, -0.2) is 13.9 Å². The number of benzene rings is 1. The summed E-state index contributed by atoms with van der Waals surface area (Å²) < 4.78 is 14.9. The van der Waals surface area contributed by atoms with E-state index in [9.17, 15) is 9.18 Å². The Hall–Kier alpha value is -2.47. The molecular formula is C14H10ClFN4O. The second-order valence-electron chi connectivity index (χ2n) is 4.49. The van der Waals surface area contributed by atoms with Crippen LogP contribution in [0.4, 0.5) is 10.1 Å². The van der Waals surface area contributed by atoms with Crippen molar-refractivity contribution in [2.75, 3.05) is 5.32 Å². The number of aromatic nitrogens is 3. The third kappa shape index (κ3) is 2.71. The van der Waals surface area contributed by atoms with Gasteiger partial charge in [-0.15, -0.1) is 0 Å². The van der Waals surface area contributed by atoms with Gasteiger partial charge in [0.05, 0.1) is 16.9 Å². The molecule has 0 radical (unpaired) electrons. The molecule has 3 aromatic rings. The smallest absolute Gasteiger partial charge is 0.276 e. The summed E-state index contributed by atoms with van der Waals surface area (Å²) in [6, 6.07) is 7.30. The minimum atomic E-state index is -0.594. The first kappa shape index (κ1) is 13.5. The average molecular weight is 305 g/mol. The molecule has 5 nitrogen and oxygen atoms in total. The maximum Gasteiger partial charge on any atom is 0.276 e. The summed E-state index contributed by atoms with van der Waals surface area (Å²) in [6.07, 6.45) is 1.72. The van der Waals surface area contributed by atoms with E-state index in [-0.39, 0.29) is 10.7 Å². The first-order valence-electron chi connectivity index (χ1n) is 6.12. The molecule has 0 spiro atoms. The van der Waals surface area contributed by atoms with Crippen LogP contribution in [-0.4, -0.2) is 20.5 Å². The minimum absolute atomic E-state index is 0.00133. The number of hydrogen-bond donors (Lipinski definition) is 1. The van der Waals surface area contributed by atoms with Gasteiger partial charge >= 0.3 is 0 Å². The second kappa shape index (κ2) is 5.14. The van der Waals surface area contributed by atoms with E-state index in [1.54, 1.807) is 18.3 Å². The van der Waals surface area contributed by atoms with Crippen molar-refractivity contribution in [3.63, 3.8) is 0 Å². The molecule has 0 bridgehead atoms. The maximum absolute atomic E-state index is 13.3. The van der Waals surface area contributed by atoms with Crippen LogP contribution in [0.5, 0.6) is 0 Å². The number of aryl methyl sites for hydroxylation is 1. The van der Waals surface area contributed by atoms with Crippen LogP contribution < -0.4 is 5.32 Å². The summed E-state index contributed by atoms with van der Waals surface area (Å²) in [6.45, 7) is 1.84. The maximum atomic E-state index is 13.3. The van der Waals surface area contributed by atoms with Crippen molar-refractivity contribution in [2.45, 2.75) is 6.92 Å². The standard InChI is InChI=1S/C14H10ClFN4O/c1-8-7-20-13(17-8)5-4-12(19-20)14(21)18-9-2-3-10(15)11(16)6-9/h2-7H,1H3,(H,18,21). The lowest BCUT2D eigenvalue weighted by Crippen LogP contribution is -2.15. The first-order chi connectivity index (χ1) is 10.0. The van der Waals surface area contributed by atoms with Crippen molar-refractivity contribution in [1.82, 2.24) is 14.6 Å². The molecule has 0 unspecified atom stereocenters.